The molecular weight excluding hydrogens is 352 g/mol. The average molecular weight is 387 g/mol. The van der Waals surface area contributed by atoms with Crippen molar-refractivity contribution < 1.29 is 14.6 Å². The minimum atomic E-state index is -1.88. The Morgan fingerprint density at radius 2 is 1.74 bits per heavy atom. The summed E-state index contributed by atoms with van der Waals surface area (Å²) in [5.41, 5.74) is 4.72. The van der Waals surface area contributed by atoms with Crippen LogP contribution in [0.3, 0.4) is 0 Å². The maximum atomic E-state index is 12.4. The fraction of sp³-hybridized carbons (Fsp3) is 0.522. The zero-order valence-electron chi connectivity index (χ0n) is 17.3. The standard InChI is InChI=1S/C23H34O3Si/c1-7-27(8-2,9-3)19-16-14-18(15-17-19)22(24)26-25-21-13-11-10-12-20(21)23(4,5)6/h7-8,14-17,20-21H,1-2,9-13H2,3-6H3. The Morgan fingerprint density at radius 1 is 1.15 bits per heavy atom. The van der Waals surface area contributed by atoms with Crippen LogP contribution < -0.4 is 5.19 Å². The van der Waals surface area contributed by atoms with Gasteiger partial charge in [0.2, 0.25) is 0 Å². The Morgan fingerprint density at radius 3 is 2.26 bits per heavy atom. The van der Waals surface area contributed by atoms with Crippen LogP contribution in [-0.2, 0) is 9.78 Å². The molecule has 27 heavy (non-hydrogen) atoms. The minimum Gasteiger partial charge on any atom is -0.293 e. The summed E-state index contributed by atoms with van der Waals surface area (Å²) < 4.78 is 0. The fourth-order valence-electron chi connectivity index (χ4n) is 4.08. The van der Waals surface area contributed by atoms with Crippen molar-refractivity contribution in [2.45, 2.75) is 65.5 Å². The zero-order chi connectivity index (χ0) is 20.1. The normalized spacial score (nSPS) is 20.7. The molecular formula is C23H34O3Si. The third-order valence-electron chi connectivity index (χ3n) is 6.03. The van der Waals surface area contributed by atoms with E-state index in [0.717, 1.165) is 25.3 Å². The molecule has 1 fully saturated rings. The molecule has 1 aromatic carbocycles. The number of benzene rings is 1. The van der Waals surface area contributed by atoms with E-state index in [1.807, 2.05) is 35.7 Å². The van der Waals surface area contributed by atoms with Gasteiger partial charge in [-0.05, 0) is 42.4 Å². The lowest BCUT2D eigenvalue weighted by molar-refractivity contribution is -0.297. The summed E-state index contributed by atoms with van der Waals surface area (Å²) in [6.07, 6.45) is 4.37. The van der Waals surface area contributed by atoms with Crippen LogP contribution in [0.25, 0.3) is 0 Å². The van der Waals surface area contributed by atoms with Gasteiger partial charge in [-0.1, -0.05) is 69.3 Å². The molecule has 0 aromatic heterocycles. The van der Waals surface area contributed by atoms with Crippen molar-refractivity contribution in [3.05, 3.63) is 54.4 Å². The molecule has 2 rings (SSSR count). The van der Waals surface area contributed by atoms with Crippen molar-refractivity contribution in [1.29, 1.82) is 0 Å². The first-order valence-electron chi connectivity index (χ1n) is 10.0. The zero-order valence-corrected chi connectivity index (χ0v) is 18.3. The van der Waals surface area contributed by atoms with Gasteiger partial charge in [0.1, 0.15) is 14.2 Å². The predicted octanol–water partition coefficient (Wildman–Crippen LogP) is 5.51. The highest BCUT2D eigenvalue weighted by molar-refractivity contribution is 6.99. The third kappa shape index (κ3) is 4.99. The van der Waals surface area contributed by atoms with Crippen LogP contribution in [0.15, 0.2) is 48.8 Å². The lowest BCUT2D eigenvalue weighted by Gasteiger charge is -2.38. The molecule has 3 nitrogen and oxygen atoms in total. The number of carbonyl (C=O) groups is 1. The summed E-state index contributed by atoms with van der Waals surface area (Å²) in [6.45, 7) is 16.8. The quantitative estimate of drug-likeness (QED) is 0.352. The minimum absolute atomic E-state index is 0.0244. The van der Waals surface area contributed by atoms with E-state index in [2.05, 4.69) is 40.9 Å². The maximum absolute atomic E-state index is 12.4. The Balaban J connectivity index is 2.04. The van der Waals surface area contributed by atoms with Gasteiger partial charge in [-0.15, -0.1) is 13.2 Å². The highest BCUT2D eigenvalue weighted by Crippen LogP contribution is 2.39. The van der Waals surface area contributed by atoms with Gasteiger partial charge in [0.25, 0.3) is 0 Å². The lowest BCUT2D eigenvalue weighted by Crippen LogP contribution is -2.43. The Kier molecular flexibility index (Phi) is 7.23. The fourth-order valence-corrected chi connectivity index (χ4v) is 6.50. The summed E-state index contributed by atoms with van der Waals surface area (Å²) in [7, 11) is -1.88. The molecule has 0 bridgehead atoms. The van der Waals surface area contributed by atoms with Crippen molar-refractivity contribution in [1.82, 2.24) is 0 Å². The highest BCUT2D eigenvalue weighted by atomic mass is 28.3. The van der Waals surface area contributed by atoms with Crippen molar-refractivity contribution >= 4 is 19.2 Å². The largest absolute Gasteiger partial charge is 0.373 e. The molecule has 0 N–H and O–H groups in total. The van der Waals surface area contributed by atoms with E-state index in [0.29, 0.717) is 11.5 Å². The first kappa shape index (κ1) is 21.6. The number of rotatable bonds is 7. The predicted molar refractivity (Wildman–Crippen MR) is 114 cm³/mol. The molecule has 0 saturated heterocycles. The van der Waals surface area contributed by atoms with Crippen molar-refractivity contribution in [2.24, 2.45) is 11.3 Å². The molecule has 1 saturated carbocycles. The third-order valence-corrected chi connectivity index (χ3v) is 10.1. The van der Waals surface area contributed by atoms with Gasteiger partial charge in [0, 0.05) is 0 Å². The van der Waals surface area contributed by atoms with E-state index < -0.39 is 14.0 Å². The number of hydrogen-bond acceptors (Lipinski definition) is 3. The van der Waals surface area contributed by atoms with E-state index in [1.165, 1.54) is 11.6 Å². The van der Waals surface area contributed by atoms with Crippen LogP contribution in [0.5, 0.6) is 0 Å². The SMILES string of the molecule is C=C[Si](C=C)(CC)c1ccc(C(=O)OOC2CCCCC2C(C)(C)C)cc1. The van der Waals surface area contributed by atoms with E-state index in [1.54, 1.807) is 0 Å². The van der Waals surface area contributed by atoms with Crippen LogP contribution in [0.1, 0.15) is 63.7 Å². The van der Waals surface area contributed by atoms with Gasteiger partial charge in [-0.2, -0.15) is 4.89 Å². The Labute approximate surface area is 165 Å². The van der Waals surface area contributed by atoms with Gasteiger partial charge in [-0.3, -0.25) is 4.89 Å². The second-order valence-electron chi connectivity index (χ2n) is 8.64. The lowest BCUT2D eigenvalue weighted by atomic mass is 9.71. The Bertz CT molecular complexity index is 649. The summed E-state index contributed by atoms with van der Waals surface area (Å²) >= 11 is 0. The molecule has 0 amide bonds. The van der Waals surface area contributed by atoms with E-state index >= 15 is 0 Å². The highest BCUT2D eigenvalue weighted by Gasteiger charge is 2.36. The molecule has 1 aromatic rings. The molecule has 0 heterocycles. The summed E-state index contributed by atoms with van der Waals surface area (Å²) in [5.74, 6) is -0.0291. The molecule has 0 radical (unpaired) electrons. The number of carbonyl (C=O) groups excluding carboxylic acids is 1. The molecule has 1 aliphatic rings. The van der Waals surface area contributed by atoms with Crippen LogP contribution in [0.2, 0.25) is 6.04 Å². The van der Waals surface area contributed by atoms with Crippen LogP contribution in [0, 0.1) is 11.3 Å². The van der Waals surface area contributed by atoms with Crippen LogP contribution in [0.4, 0.5) is 0 Å². The van der Waals surface area contributed by atoms with Gasteiger partial charge in [0.05, 0.1) is 5.56 Å². The summed E-state index contributed by atoms with van der Waals surface area (Å²) in [6, 6.07) is 8.62. The first-order chi connectivity index (χ1) is 12.8. The van der Waals surface area contributed by atoms with Gasteiger partial charge in [-0.25, -0.2) is 4.79 Å². The maximum Gasteiger partial charge on any atom is 0.373 e. The first-order valence-corrected chi connectivity index (χ1v) is 12.4. The van der Waals surface area contributed by atoms with Crippen molar-refractivity contribution in [2.75, 3.05) is 0 Å². The smallest absolute Gasteiger partial charge is 0.293 e. The second-order valence-corrected chi connectivity index (χ2v) is 12.8. The van der Waals surface area contributed by atoms with Gasteiger partial charge >= 0.3 is 5.97 Å². The molecule has 1 aliphatic carbocycles. The molecule has 148 valence electrons. The van der Waals surface area contributed by atoms with E-state index in [-0.39, 0.29) is 11.5 Å². The molecule has 0 spiro atoms. The molecule has 0 aliphatic heterocycles. The van der Waals surface area contributed by atoms with Gasteiger partial charge < -0.3 is 0 Å². The van der Waals surface area contributed by atoms with Crippen LogP contribution in [-0.4, -0.2) is 20.1 Å². The molecule has 2 atom stereocenters. The number of hydrogen-bond donors (Lipinski definition) is 0. The summed E-state index contributed by atoms with van der Waals surface area (Å²) in [4.78, 5) is 23.3. The van der Waals surface area contributed by atoms with E-state index in [4.69, 9.17) is 9.78 Å². The van der Waals surface area contributed by atoms with Crippen molar-refractivity contribution in [3.8, 4) is 0 Å². The van der Waals surface area contributed by atoms with Gasteiger partial charge in [0.15, 0.2) is 0 Å². The topological polar surface area (TPSA) is 35.5 Å². The average Bonchev–Trinajstić information content (AvgIpc) is 2.68. The monoisotopic (exact) mass is 386 g/mol. The van der Waals surface area contributed by atoms with Crippen LogP contribution >= 0.6 is 0 Å². The second kappa shape index (κ2) is 9.02. The van der Waals surface area contributed by atoms with Crippen molar-refractivity contribution in [3.63, 3.8) is 0 Å². The molecule has 4 heteroatoms. The van der Waals surface area contributed by atoms with E-state index in [9.17, 15) is 4.79 Å². The summed E-state index contributed by atoms with van der Waals surface area (Å²) in [5, 5.41) is 1.20. The Hall–Kier alpha value is -1.65. The molecule has 2 unspecified atom stereocenters.